The number of anilines is 3. The van der Waals surface area contributed by atoms with Gasteiger partial charge in [-0.3, -0.25) is 4.79 Å². The zero-order chi connectivity index (χ0) is 16.2. The van der Waals surface area contributed by atoms with Crippen LogP contribution in [-0.4, -0.2) is 22.4 Å². The second kappa shape index (κ2) is 6.43. The molecule has 1 aromatic heterocycles. The predicted molar refractivity (Wildman–Crippen MR) is 88.2 cm³/mol. The van der Waals surface area contributed by atoms with Crippen LogP contribution < -0.4 is 16.4 Å². The largest absolute Gasteiger partial charge is 0.365 e. The van der Waals surface area contributed by atoms with Gasteiger partial charge in [0, 0.05) is 18.4 Å². The number of aromatic nitrogens is 2. The number of amides is 1. The van der Waals surface area contributed by atoms with Crippen LogP contribution in [-0.2, 0) is 0 Å². The Labute approximate surface area is 130 Å². The number of hydrogen-bond donors (Lipinski definition) is 3. The lowest BCUT2D eigenvalue weighted by Gasteiger charge is -2.19. The molecule has 0 spiro atoms. The first-order valence-electron chi connectivity index (χ1n) is 7.08. The van der Waals surface area contributed by atoms with Crippen molar-refractivity contribution in [1.82, 2.24) is 9.97 Å². The molecule has 0 saturated carbocycles. The SMILES string of the molecule is CC(C)(C)CNc1ncc(C(N)=O)c(Nc2ccccc2)n1. The number of para-hydroxylation sites is 1. The molecule has 0 atom stereocenters. The maximum Gasteiger partial charge on any atom is 0.254 e. The first-order valence-corrected chi connectivity index (χ1v) is 7.08. The highest BCUT2D eigenvalue weighted by molar-refractivity contribution is 5.98. The molecule has 1 heterocycles. The van der Waals surface area contributed by atoms with E-state index in [4.69, 9.17) is 5.73 Å². The molecular weight excluding hydrogens is 278 g/mol. The number of carbonyl (C=O) groups is 1. The van der Waals surface area contributed by atoms with Crippen LogP contribution in [0.1, 0.15) is 31.1 Å². The van der Waals surface area contributed by atoms with Gasteiger partial charge in [0.05, 0.1) is 0 Å². The summed E-state index contributed by atoms with van der Waals surface area (Å²) in [6.07, 6.45) is 1.44. The third-order valence-electron chi connectivity index (χ3n) is 2.87. The molecule has 1 aromatic carbocycles. The van der Waals surface area contributed by atoms with Gasteiger partial charge in [0.15, 0.2) is 0 Å². The summed E-state index contributed by atoms with van der Waals surface area (Å²) in [4.78, 5) is 20.0. The summed E-state index contributed by atoms with van der Waals surface area (Å²) in [5.74, 6) is 0.282. The molecule has 0 unspecified atom stereocenters. The van der Waals surface area contributed by atoms with Crippen LogP contribution in [0, 0.1) is 5.41 Å². The molecule has 1 amide bonds. The molecule has 0 fully saturated rings. The van der Waals surface area contributed by atoms with E-state index in [1.165, 1.54) is 6.20 Å². The van der Waals surface area contributed by atoms with Crippen molar-refractivity contribution < 1.29 is 4.79 Å². The van der Waals surface area contributed by atoms with Crippen molar-refractivity contribution in [3.63, 3.8) is 0 Å². The highest BCUT2D eigenvalue weighted by atomic mass is 16.1. The van der Waals surface area contributed by atoms with Gasteiger partial charge in [-0.1, -0.05) is 39.0 Å². The van der Waals surface area contributed by atoms with Crippen molar-refractivity contribution >= 4 is 23.4 Å². The summed E-state index contributed by atoms with van der Waals surface area (Å²) in [5, 5.41) is 6.26. The van der Waals surface area contributed by atoms with E-state index in [-0.39, 0.29) is 11.0 Å². The van der Waals surface area contributed by atoms with Gasteiger partial charge in [-0.05, 0) is 17.5 Å². The molecular formula is C16H21N5O. The highest BCUT2D eigenvalue weighted by Crippen LogP contribution is 2.20. The lowest BCUT2D eigenvalue weighted by molar-refractivity contribution is 0.100. The van der Waals surface area contributed by atoms with Crippen LogP contribution in [0.2, 0.25) is 0 Å². The van der Waals surface area contributed by atoms with E-state index in [1.807, 2.05) is 30.3 Å². The van der Waals surface area contributed by atoms with Crippen LogP contribution in [0.4, 0.5) is 17.5 Å². The van der Waals surface area contributed by atoms with Gasteiger partial charge in [0.1, 0.15) is 11.4 Å². The van der Waals surface area contributed by atoms with Crippen molar-refractivity contribution in [2.24, 2.45) is 11.1 Å². The summed E-state index contributed by atoms with van der Waals surface area (Å²) in [6.45, 7) is 7.05. The molecule has 0 aliphatic rings. The number of benzene rings is 1. The third-order valence-corrected chi connectivity index (χ3v) is 2.87. The van der Waals surface area contributed by atoms with Crippen LogP contribution in [0.5, 0.6) is 0 Å². The van der Waals surface area contributed by atoms with Gasteiger partial charge in [0.2, 0.25) is 5.95 Å². The third kappa shape index (κ3) is 4.44. The quantitative estimate of drug-likeness (QED) is 0.789. The molecule has 116 valence electrons. The summed E-state index contributed by atoms with van der Waals surface area (Å²) < 4.78 is 0. The summed E-state index contributed by atoms with van der Waals surface area (Å²) in [5.41, 5.74) is 6.56. The zero-order valence-corrected chi connectivity index (χ0v) is 13.1. The normalized spacial score (nSPS) is 11.0. The molecule has 0 radical (unpaired) electrons. The molecule has 0 aliphatic carbocycles. The van der Waals surface area contributed by atoms with Gasteiger partial charge in [-0.15, -0.1) is 0 Å². The van der Waals surface area contributed by atoms with Gasteiger partial charge in [-0.25, -0.2) is 4.98 Å². The predicted octanol–water partition coefficient (Wildman–Crippen LogP) is 2.78. The molecule has 0 aliphatic heterocycles. The van der Waals surface area contributed by atoms with E-state index in [0.29, 0.717) is 18.3 Å². The van der Waals surface area contributed by atoms with Crippen molar-refractivity contribution in [2.75, 3.05) is 17.2 Å². The average Bonchev–Trinajstić information content (AvgIpc) is 2.45. The first-order chi connectivity index (χ1) is 10.3. The number of nitrogens with zero attached hydrogens (tertiary/aromatic N) is 2. The van der Waals surface area contributed by atoms with Crippen LogP contribution in [0.25, 0.3) is 0 Å². The molecule has 6 nitrogen and oxygen atoms in total. The second-order valence-electron chi connectivity index (χ2n) is 6.23. The van der Waals surface area contributed by atoms with Gasteiger partial charge >= 0.3 is 0 Å². The monoisotopic (exact) mass is 299 g/mol. The molecule has 22 heavy (non-hydrogen) atoms. The zero-order valence-electron chi connectivity index (χ0n) is 13.1. The van der Waals surface area contributed by atoms with Crippen molar-refractivity contribution in [3.05, 3.63) is 42.1 Å². The van der Waals surface area contributed by atoms with E-state index in [0.717, 1.165) is 5.69 Å². The second-order valence-corrected chi connectivity index (χ2v) is 6.23. The Morgan fingerprint density at radius 2 is 1.91 bits per heavy atom. The molecule has 4 N–H and O–H groups in total. The van der Waals surface area contributed by atoms with Crippen molar-refractivity contribution in [1.29, 1.82) is 0 Å². The van der Waals surface area contributed by atoms with Crippen molar-refractivity contribution in [3.8, 4) is 0 Å². The number of nitrogens with two attached hydrogens (primary N) is 1. The Balaban J connectivity index is 2.26. The van der Waals surface area contributed by atoms with Crippen LogP contribution in [0.15, 0.2) is 36.5 Å². The van der Waals surface area contributed by atoms with Crippen molar-refractivity contribution in [2.45, 2.75) is 20.8 Å². The number of carbonyl (C=O) groups excluding carboxylic acids is 1. The standard InChI is InChI=1S/C16H21N5O/c1-16(2,3)10-19-15-18-9-12(13(17)22)14(21-15)20-11-7-5-4-6-8-11/h4-9H,10H2,1-3H3,(H2,17,22)(H2,18,19,20,21). The number of hydrogen-bond acceptors (Lipinski definition) is 5. The summed E-state index contributed by atoms with van der Waals surface area (Å²) in [7, 11) is 0. The maximum absolute atomic E-state index is 11.5. The fourth-order valence-corrected chi connectivity index (χ4v) is 1.75. The minimum atomic E-state index is -0.569. The molecule has 0 saturated heterocycles. The molecule has 2 aromatic rings. The van der Waals surface area contributed by atoms with Gasteiger partial charge in [-0.2, -0.15) is 4.98 Å². The first kappa shape index (κ1) is 15.8. The molecule has 2 rings (SSSR count). The summed E-state index contributed by atoms with van der Waals surface area (Å²) in [6, 6.07) is 9.47. The topological polar surface area (TPSA) is 92.9 Å². The lowest BCUT2D eigenvalue weighted by atomic mass is 9.97. The van der Waals surface area contributed by atoms with Gasteiger partial charge in [0.25, 0.3) is 5.91 Å². The lowest BCUT2D eigenvalue weighted by Crippen LogP contribution is -2.21. The van der Waals surface area contributed by atoms with E-state index in [1.54, 1.807) is 0 Å². The van der Waals surface area contributed by atoms with Crippen LogP contribution >= 0.6 is 0 Å². The fraction of sp³-hybridized carbons (Fsp3) is 0.312. The highest BCUT2D eigenvalue weighted by Gasteiger charge is 2.14. The minimum Gasteiger partial charge on any atom is -0.365 e. The van der Waals surface area contributed by atoms with Gasteiger partial charge < -0.3 is 16.4 Å². The molecule has 6 heteroatoms. The van der Waals surface area contributed by atoms with E-state index in [9.17, 15) is 4.79 Å². The number of primary amides is 1. The number of nitrogens with one attached hydrogen (secondary N) is 2. The minimum absolute atomic E-state index is 0.0960. The maximum atomic E-state index is 11.5. The Bertz CT molecular complexity index is 649. The number of rotatable bonds is 5. The Morgan fingerprint density at radius 1 is 1.23 bits per heavy atom. The van der Waals surface area contributed by atoms with E-state index in [2.05, 4.69) is 41.4 Å². The fourth-order valence-electron chi connectivity index (χ4n) is 1.75. The van der Waals surface area contributed by atoms with Crippen LogP contribution in [0.3, 0.4) is 0 Å². The Kier molecular flexibility index (Phi) is 4.60. The molecule has 0 bridgehead atoms. The summed E-state index contributed by atoms with van der Waals surface area (Å²) >= 11 is 0. The smallest absolute Gasteiger partial charge is 0.254 e. The Hall–Kier alpha value is -2.63. The van der Waals surface area contributed by atoms with E-state index >= 15 is 0 Å². The van der Waals surface area contributed by atoms with E-state index < -0.39 is 5.91 Å². The Morgan fingerprint density at radius 3 is 2.50 bits per heavy atom. The average molecular weight is 299 g/mol.